The Hall–Kier alpha value is -1.64. The van der Waals surface area contributed by atoms with Crippen LogP contribution >= 0.6 is 0 Å². The summed E-state index contributed by atoms with van der Waals surface area (Å²) in [5.41, 5.74) is 3.57. The highest BCUT2D eigenvalue weighted by Gasteiger charge is 2.14. The van der Waals surface area contributed by atoms with Gasteiger partial charge in [0.25, 0.3) is 0 Å². The first-order valence-electron chi connectivity index (χ1n) is 9.28. The van der Waals surface area contributed by atoms with Crippen LogP contribution < -0.4 is 0 Å². The Labute approximate surface area is 156 Å². The maximum absolute atomic E-state index is 11.7. The molecule has 0 radical (unpaired) electrons. The zero-order valence-corrected chi connectivity index (χ0v) is 18.1. The summed E-state index contributed by atoms with van der Waals surface area (Å²) in [6.07, 6.45) is 9.29. The number of allylic oxidation sites excluding steroid dienone is 5. The van der Waals surface area contributed by atoms with Gasteiger partial charge in [-0.1, -0.05) is 78.2 Å². The Bertz CT molecular complexity index is 513. The van der Waals surface area contributed by atoms with Crippen molar-refractivity contribution in [2.24, 2.45) is 10.4 Å². The van der Waals surface area contributed by atoms with Crippen LogP contribution in [0.5, 0.6) is 0 Å². The van der Waals surface area contributed by atoms with Gasteiger partial charge < -0.3 is 4.74 Å². The maximum Gasteiger partial charge on any atom is 0.356 e. The molecule has 0 N–H and O–H groups in total. The number of rotatable bonds is 6. The zero-order valence-electron chi connectivity index (χ0n) is 18.1. The van der Waals surface area contributed by atoms with Crippen LogP contribution in [0.2, 0.25) is 0 Å². The van der Waals surface area contributed by atoms with Gasteiger partial charge in [-0.3, -0.25) is 0 Å². The molecular weight excluding hydrogens is 310 g/mol. The average molecular weight is 350 g/mol. The monoisotopic (exact) mass is 349 g/mol. The van der Waals surface area contributed by atoms with E-state index < -0.39 is 5.97 Å². The van der Waals surface area contributed by atoms with Gasteiger partial charge in [0.2, 0.25) is 0 Å². The minimum atomic E-state index is -0.400. The van der Waals surface area contributed by atoms with E-state index in [1.54, 1.807) is 6.08 Å². The molecular formula is C22H39NO2. The molecule has 0 aromatic carbocycles. The lowest BCUT2D eigenvalue weighted by Crippen LogP contribution is -2.09. The molecule has 0 fully saturated rings. The van der Waals surface area contributed by atoms with Crippen LogP contribution in [0.3, 0.4) is 0 Å². The number of methoxy groups -OCH3 is 1. The second-order valence-electron chi connectivity index (χ2n) is 7.01. The van der Waals surface area contributed by atoms with Crippen molar-refractivity contribution >= 4 is 11.7 Å². The lowest BCUT2D eigenvalue weighted by Gasteiger charge is -2.20. The van der Waals surface area contributed by atoms with Crippen LogP contribution in [0.15, 0.2) is 40.1 Å². The second-order valence-corrected chi connectivity index (χ2v) is 7.01. The minimum absolute atomic E-state index is 0.110. The molecule has 0 atom stereocenters. The highest BCUT2D eigenvalue weighted by atomic mass is 16.5. The molecule has 0 bridgehead atoms. The van der Waals surface area contributed by atoms with Crippen molar-refractivity contribution in [3.8, 4) is 0 Å². The number of carbonyl (C=O) groups excluding carboxylic acids is 1. The van der Waals surface area contributed by atoms with E-state index in [4.69, 9.17) is 4.74 Å². The summed E-state index contributed by atoms with van der Waals surface area (Å²) in [7, 11) is 1.37. The topological polar surface area (TPSA) is 38.7 Å². The largest absolute Gasteiger partial charge is 0.464 e. The van der Waals surface area contributed by atoms with Crippen LogP contribution in [0.4, 0.5) is 0 Å². The van der Waals surface area contributed by atoms with Gasteiger partial charge in [0.1, 0.15) is 5.70 Å². The van der Waals surface area contributed by atoms with Crippen LogP contribution in [0.25, 0.3) is 0 Å². The molecule has 0 amide bonds. The molecule has 0 saturated carbocycles. The molecule has 0 saturated heterocycles. The first kappa shape index (κ1) is 25.6. The number of hydrogen-bond donors (Lipinski definition) is 0. The predicted molar refractivity (Wildman–Crippen MR) is 111 cm³/mol. The van der Waals surface area contributed by atoms with E-state index in [1.165, 1.54) is 25.5 Å². The molecule has 0 aliphatic carbocycles. The Balaban J connectivity index is 0. The average Bonchev–Trinajstić information content (AvgIpc) is 2.57. The van der Waals surface area contributed by atoms with Crippen molar-refractivity contribution in [3.05, 3.63) is 35.1 Å². The first-order chi connectivity index (χ1) is 11.6. The van der Waals surface area contributed by atoms with Crippen molar-refractivity contribution in [2.75, 3.05) is 7.11 Å². The molecule has 0 unspecified atom stereocenters. The lowest BCUT2D eigenvalue weighted by molar-refractivity contribution is -0.136. The van der Waals surface area contributed by atoms with Gasteiger partial charge in [-0.15, -0.1) is 0 Å². The summed E-state index contributed by atoms with van der Waals surface area (Å²) in [6, 6.07) is 0. The molecule has 0 heterocycles. The summed E-state index contributed by atoms with van der Waals surface area (Å²) in [5, 5.41) is 0. The molecule has 0 spiro atoms. The number of nitrogens with zero attached hydrogens (tertiary/aromatic N) is 1. The SMILES string of the molecule is C/C=C(/C=C(\C)C(C)(C)C)C(\C)=N\C(=C\CC)C(=O)OC.CCCC. The van der Waals surface area contributed by atoms with E-state index in [9.17, 15) is 4.79 Å². The molecule has 0 rings (SSSR count). The molecule has 0 aliphatic rings. The summed E-state index contributed by atoms with van der Waals surface area (Å²) in [5.74, 6) is -0.400. The summed E-state index contributed by atoms with van der Waals surface area (Å²) < 4.78 is 4.77. The van der Waals surface area contributed by atoms with Crippen molar-refractivity contribution in [2.45, 2.75) is 81.6 Å². The number of carbonyl (C=O) groups is 1. The highest BCUT2D eigenvalue weighted by molar-refractivity contribution is 6.04. The normalized spacial score (nSPS) is 14.0. The van der Waals surface area contributed by atoms with Crippen molar-refractivity contribution < 1.29 is 9.53 Å². The fourth-order valence-corrected chi connectivity index (χ4v) is 1.56. The van der Waals surface area contributed by atoms with Crippen molar-refractivity contribution in [1.29, 1.82) is 0 Å². The molecule has 3 heteroatoms. The second kappa shape index (κ2) is 13.6. The fraction of sp³-hybridized carbons (Fsp3) is 0.636. The molecule has 0 aliphatic heterocycles. The smallest absolute Gasteiger partial charge is 0.356 e. The van der Waals surface area contributed by atoms with E-state index in [-0.39, 0.29) is 5.41 Å². The summed E-state index contributed by atoms with van der Waals surface area (Å²) in [6.45, 7) is 18.9. The van der Waals surface area contributed by atoms with Crippen molar-refractivity contribution in [3.63, 3.8) is 0 Å². The van der Waals surface area contributed by atoms with E-state index in [0.29, 0.717) is 5.70 Å². The summed E-state index contributed by atoms with van der Waals surface area (Å²) >= 11 is 0. The summed E-state index contributed by atoms with van der Waals surface area (Å²) in [4.78, 5) is 16.1. The van der Waals surface area contributed by atoms with Crippen LogP contribution in [0, 0.1) is 5.41 Å². The highest BCUT2D eigenvalue weighted by Crippen LogP contribution is 2.26. The molecule has 0 aromatic rings. The third kappa shape index (κ3) is 11.5. The standard InChI is InChI=1S/C18H29NO2.C4H10/c1-9-11-16(17(20)21-8)19-14(4)15(10-2)12-13(3)18(5,6)7;1-3-4-2/h10-12H,9H2,1-8H3;3-4H2,1-2H3/b13-12+,15-10-,16-11+,19-14+;. The third-order valence-corrected chi connectivity index (χ3v) is 3.86. The van der Waals surface area contributed by atoms with Gasteiger partial charge in [0.15, 0.2) is 0 Å². The predicted octanol–water partition coefficient (Wildman–Crippen LogP) is 6.66. The Morgan fingerprint density at radius 3 is 1.92 bits per heavy atom. The lowest BCUT2D eigenvalue weighted by atomic mass is 9.86. The van der Waals surface area contributed by atoms with Crippen LogP contribution in [-0.2, 0) is 9.53 Å². The first-order valence-corrected chi connectivity index (χ1v) is 9.28. The number of aliphatic imine (C=N–C) groups is 1. The van der Waals surface area contributed by atoms with E-state index in [2.05, 4.69) is 52.6 Å². The number of unbranched alkanes of at least 4 members (excludes halogenated alkanes) is 1. The van der Waals surface area contributed by atoms with Gasteiger partial charge in [-0.25, -0.2) is 9.79 Å². The van der Waals surface area contributed by atoms with Gasteiger partial charge in [0.05, 0.1) is 7.11 Å². The Kier molecular flexibility index (Phi) is 14.0. The van der Waals surface area contributed by atoms with E-state index >= 15 is 0 Å². The molecule has 144 valence electrons. The third-order valence-electron chi connectivity index (χ3n) is 3.86. The number of ether oxygens (including phenoxy) is 1. The Morgan fingerprint density at radius 2 is 1.60 bits per heavy atom. The number of esters is 1. The van der Waals surface area contributed by atoms with Crippen LogP contribution in [-0.4, -0.2) is 18.8 Å². The molecule has 25 heavy (non-hydrogen) atoms. The molecule has 0 aromatic heterocycles. The van der Waals surface area contributed by atoms with E-state index in [0.717, 1.165) is 17.7 Å². The van der Waals surface area contributed by atoms with Gasteiger partial charge in [-0.05, 0) is 38.2 Å². The Morgan fingerprint density at radius 1 is 1.08 bits per heavy atom. The number of hydrogen-bond acceptors (Lipinski definition) is 3. The minimum Gasteiger partial charge on any atom is -0.464 e. The van der Waals surface area contributed by atoms with Crippen LogP contribution in [0.1, 0.15) is 81.6 Å². The quantitative estimate of drug-likeness (QED) is 0.233. The van der Waals surface area contributed by atoms with Gasteiger partial charge in [-0.2, -0.15) is 0 Å². The van der Waals surface area contributed by atoms with E-state index in [1.807, 2.05) is 26.8 Å². The van der Waals surface area contributed by atoms with Gasteiger partial charge >= 0.3 is 5.97 Å². The zero-order chi connectivity index (χ0) is 20.0. The fourth-order valence-electron chi connectivity index (χ4n) is 1.56. The van der Waals surface area contributed by atoms with Gasteiger partial charge in [0, 0.05) is 5.71 Å². The maximum atomic E-state index is 11.7. The molecule has 3 nitrogen and oxygen atoms in total. The van der Waals surface area contributed by atoms with Crippen molar-refractivity contribution in [1.82, 2.24) is 0 Å².